The first-order valence-electron chi connectivity index (χ1n) is 10.6. The molecule has 0 aliphatic carbocycles. The molecule has 0 aliphatic rings. The summed E-state index contributed by atoms with van der Waals surface area (Å²) >= 11 is 0. The van der Waals surface area contributed by atoms with Crippen molar-refractivity contribution in [3.63, 3.8) is 0 Å². The molecule has 2 heterocycles. The van der Waals surface area contributed by atoms with Crippen LogP contribution >= 0.6 is 0 Å². The molecule has 0 saturated heterocycles. The van der Waals surface area contributed by atoms with Gasteiger partial charge in [0, 0.05) is 23.5 Å². The number of aromatic nitrogens is 4. The van der Waals surface area contributed by atoms with E-state index in [2.05, 4.69) is 25.7 Å². The summed E-state index contributed by atoms with van der Waals surface area (Å²) < 4.78 is 57.8. The average molecular weight is 500 g/mol. The molecule has 0 aliphatic heterocycles. The Bertz CT molecular complexity index is 1360. The summed E-state index contributed by atoms with van der Waals surface area (Å²) in [6, 6.07) is 13.2. The maximum Gasteiger partial charge on any atom is 0.435 e. The molecule has 4 rings (SSSR count). The average Bonchev–Trinajstić information content (AvgIpc) is 3.20. The highest BCUT2D eigenvalue weighted by molar-refractivity contribution is 5.64. The van der Waals surface area contributed by atoms with Crippen LogP contribution in [0, 0.1) is 6.92 Å². The first-order valence-corrected chi connectivity index (χ1v) is 10.6. The second kappa shape index (κ2) is 10.0. The number of nitrogens with zero attached hydrogens (tertiary/aromatic N) is 4. The molecule has 2 aromatic heterocycles. The first-order chi connectivity index (χ1) is 17.2. The van der Waals surface area contributed by atoms with Crippen molar-refractivity contribution in [1.82, 2.24) is 19.7 Å². The molecule has 0 saturated carbocycles. The Hall–Kier alpha value is -4.48. The largest absolute Gasteiger partial charge is 0.497 e. The Balaban J connectivity index is 1.67. The Morgan fingerprint density at radius 1 is 0.861 bits per heavy atom. The van der Waals surface area contributed by atoms with Gasteiger partial charge in [0.2, 0.25) is 5.95 Å². The molecule has 9 nitrogen and oxygen atoms in total. The predicted octanol–water partition coefficient (Wildman–Crippen LogP) is 5.50. The standard InChI is InChI=1S/C24H23F3N6O3/c1-14-21(24(25,26)27)32-33(16-6-8-17(34-2)9-7-16)22(14)30-20-11-12-28-23(31-20)29-15-5-10-18(35-3)19(13-15)36-4/h5-13H,1-4H3,(H2,28,29,30,31). The van der Waals surface area contributed by atoms with Gasteiger partial charge in [0.15, 0.2) is 17.2 Å². The molecule has 0 unspecified atom stereocenters. The third kappa shape index (κ3) is 5.11. The van der Waals surface area contributed by atoms with Crippen LogP contribution in [0.15, 0.2) is 54.7 Å². The van der Waals surface area contributed by atoms with Gasteiger partial charge in [-0.2, -0.15) is 23.3 Å². The molecule has 36 heavy (non-hydrogen) atoms. The van der Waals surface area contributed by atoms with Crippen LogP contribution < -0.4 is 24.8 Å². The lowest BCUT2D eigenvalue weighted by Crippen LogP contribution is -2.08. The van der Waals surface area contributed by atoms with Crippen molar-refractivity contribution >= 4 is 23.3 Å². The van der Waals surface area contributed by atoms with Crippen molar-refractivity contribution in [1.29, 1.82) is 0 Å². The fourth-order valence-electron chi connectivity index (χ4n) is 3.48. The van der Waals surface area contributed by atoms with Crippen LogP contribution in [0.3, 0.4) is 0 Å². The topological polar surface area (TPSA) is 95.4 Å². The Labute approximate surface area is 204 Å². The lowest BCUT2D eigenvalue weighted by Gasteiger charge is -2.13. The molecule has 0 fully saturated rings. The number of rotatable bonds is 8. The minimum Gasteiger partial charge on any atom is -0.497 e. The minimum absolute atomic E-state index is 0.0775. The third-order valence-electron chi connectivity index (χ3n) is 5.25. The number of hydrogen-bond donors (Lipinski definition) is 2. The zero-order valence-electron chi connectivity index (χ0n) is 19.8. The fraction of sp³-hybridized carbons (Fsp3) is 0.208. The van der Waals surface area contributed by atoms with E-state index in [1.807, 2.05) is 0 Å². The molecule has 12 heteroatoms. The molecular formula is C24H23F3N6O3. The Morgan fingerprint density at radius 2 is 1.58 bits per heavy atom. The van der Waals surface area contributed by atoms with Gasteiger partial charge >= 0.3 is 6.18 Å². The van der Waals surface area contributed by atoms with Crippen molar-refractivity contribution in [3.8, 4) is 22.9 Å². The number of benzene rings is 2. The lowest BCUT2D eigenvalue weighted by molar-refractivity contribution is -0.141. The van der Waals surface area contributed by atoms with Crippen molar-refractivity contribution < 1.29 is 27.4 Å². The van der Waals surface area contributed by atoms with Crippen LogP contribution in [0.1, 0.15) is 11.3 Å². The molecule has 188 valence electrons. The number of ether oxygens (including phenoxy) is 3. The van der Waals surface area contributed by atoms with E-state index in [9.17, 15) is 13.2 Å². The highest BCUT2D eigenvalue weighted by Crippen LogP contribution is 2.36. The van der Waals surface area contributed by atoms with E-state index in [1.54, 1.807) is 42.5 Å². The van der Waals surface area contributed by atoms with E-state index in [-0.39, 0.29) is 23.1 Å². The fourth-order valence-corrected chi connectivity index (χ4v) is 3.48. The van der Waals surface area contributed by atoms with Crippen LogP contribution in [0.2, 0.25) is 0 Å². The summed E-state index contributed by atoms with van der Waals surface area (Å²) in [6.07, 6.45) is -3.16. The second-order valence-electron chi connectivity index (χ2n) is 7.52. The molecule has 4 aromatic rings. The van der Waals surface area contributed by atoms with Gasteiger partial charge in [-0.05, 0) is 49.4 Å². The van der Waals surface area contributed by atoms with Crippen LogP contribution in [-0.4, -0.2) is 41.1 Å². The summed E-state index contributed by atoms with van der Waals surface area (Å²) in [7, 11) is 4.56. The summed E-state index contributed by atoms with van der Waals surface area (Å²) in [5.41, 5.74) is -0.0388. The molecule has 0 atom stereocenters. The number of halogens is 3. The molecule has 0 spiro atoms. The molecular weight excluding hydrogens is 477 g/mol. The first kappa shape index (κ1) is 24.6. The van der Waals surface area contributed by atoms with Gasteiger partial charge in [-0.15, -0.1) is 0 Å². The molecule has 0 bridgehead atoms. The lowest BCUT2D eigenvalue weighted by atomic mass is 10.2. The maximum atomic E-state index is 13.7. The quantitative estimate of drug-likeness (QED) is 0.327. The second-order valence-corrected chi connectivity index (χ2v) is 7.52. The van der Waals surface area contributed by atoms with E-state index < -0.39 is 11.9 Å². The van der Waals surface area contributed by atoms with Gasteiger partial charge in [-0.3, -0.25) is 0 Å². The monoisotopic (exact) mass is 500 g/mol. The molecule has 0 amide bonds. The maximum absolute atomic E-state index is 13.7. The number of hydrogen-bond acceptors (Lipinski definition) is 8. The smallest absolute Gasteiger partial charge is 0.435 e. The van der Waals surface area contributed by atoms with Crippen molar-refractivity contribution in [3.05, 3.63) is 66.0 Å². The normalized spacial score (nSPS) is 11.2. The van der Waals surface area contributed by atoms with Crippen molar-refractivity contribution in [2.45, 2.75) is 13.1 Å². The number of alkyl halides is 3. The van der Waals surface area contributed by atoms with Gasteiger partial charge < -0.3 is 24.8 Å². The minimum atomic E-state index is -4.63. The van der Waals surface area contributed by atoms with Gasteiger partial charge in [0.1, 0.15) is 17.4 Å². The van der Waals surface area contributed by atoms with Crippen LogP contribution in [-0.2, 0) is 6.18 Å². The zero-order chi connectivity index (χ0) is 25.9. The summed E-state index contributed by atoms with van der Waals surface area (Å²) in [5, 5.41) is 9.84. The van der Waals surface area contributed by atoms with E-state index in [1.165, 1.54) is 45.2 Å². The van der Waals surface area contributed by atoms with E-state index in [4.69, 9.17) is 14.2 Å². The molecule has 2 aromatic carbocycles. The van der Waals surface area contributed by atoms with E-state index >= 15 is 0 Å². The molecule has 2 N–H and O–H groups in total. The Morgan fingerprint density at radius 3 is 2.22 bits per heavy atom. The number of anilines is 4. The summed E-state index contributed by atoms with van der Waals surface area (Å²) in [6.45, 7) is 1.35. The van der Waals surface area contributed by atoms with Crippen LogP contribution in [0.5, 0.6) is 17.2 Å². The van der Waals surface area contributed by atoms with Gasteiger partial charge in [-0.1, -0.05) is 0 Å². The van der Waals surface area contributed by atoms with Crippen LogP contribution in [0.4, 0.5) is 36.4 Å². The third-order valence-corrected chi connectivity index (χ3v) is 5.25. The van der Waals surface area contributed by atoms with Crippen LogP contribution in [0.25, 0.3) is 5.69 Å². The van der Waals surface area contributed by atoms with Crippen molar-refractivity contribution in [2.75, 3.05) is 32.0 Å². The van der Waals surface area contributed by atoms with Gasteiger partial charge in [0.05, 0.1) is 27.0 Å². The Kier molecular flexibility index (Phi) is 6.86. The number of methoxy groups -OCH3 is 3. The summed E-state index contributed by atoms with van der Waals surface area (Å²) in [4.78, 5) is 8.58. The SMILES string of the molecule is COc1ccc(-n2nc(C(F)(F)F)c(C)c2Nc2ccnc(Nc3ccc(OC)c(OC)c3)n2)cc1. The predicted molar refractivity (Wildman–Crippen MR) is 128 cm³/mol. The van der Waals surface area contributed by atoms with Gasteiger partial charge in [0.25, 0.3) is 0 Å². The highest BCUT2D eigenvalue weighted by Gasteiger charge is 2.38. The van der Waals surface area contributed by atoms with Crippen molar-refractivity contribution in [2.24, 2.45) is 0 Å². The van der Waals surface area contributed by atoms with E-state index in [0.29, 0.717) is 28.6 Å². The number of nitrogens with one attached hydrogen (secondary N) is 2. The molecule has 0 radical (unpaired) electrons. The highest BCUT2D eigenvalue weighted by atomic mass is 19.4. The van der Waals surface area contributed by atoms with E-state index in [0.717, 1.165) is 0 Å². The van der Waals surface area contributed by atoms with Gasteiger partial charge in [-0.25, -0.2) is 9.67 Å². The zero-order valence-corrected chi connectivity index (χ0v) is 19.8. The summed E-state index contributed by atoms with van der Waals surface area (Å²) in [5.74, 6) is 2.23.